The highest BCUT2D eigenvalue weighted by atomic mass is 16.4. The molecule has 0 saturated heterocycles. The molecule has 84 valence electrons. The zero-order valence-electron chi connectivity index (χ0n) is 8.71. The number of anilines is 1. The van der Waals surface area contributed by atoms with Gasteiger partial charge in [-0.05, 0) is 6.92 Å². The van der Waals surface area contributed by atoms with Crippen LogP contribution in [0.25, 0.3) is 11.2 Å². The Kier molecular flexibility index (Phi) is 2.43. The van der Waals surface area contributed by atoms with Crippen molar-refractivity contribution in [1.29, 1.82) is 0 Å². The van der Waals surface area contributed by atoms with E-state index in [1.54, 1.807) is 4.57 Å². The predicted molar refractivity (Wildman–Crippen MR) is 56.7 cm³/mol. The highest BCUT2D eigenvalue weighted by molar-refractivity contribution is 5.82. The zero-order chi connectivity index (χ0) is 11.7. The quantitative estimate of drug-likeness (QED) is 0.758. The van der Waals surface area contributed by atoms with Crippen LogP contribution in [-0.4, -0.2) is 30.6 Å². The number of hydrogen-bond acceptors (Lipinski definition) is 5. The molecular formula is C9H11N5O2. The first-order valence-corrected chi connectivity index (χ1v) is 4.80. The smallest absolute Gasteiger partial charge is 0.311 e. The Morgan fingerprint density at radius 1 is 1.56 bits per heavy atom. The van der Waals surface area contributed by atoms with Gasteiger partial charge in [-0.2, -0.15) is 0 Å². The maximum atomic E-state index is 10.7. The number of carboxylic acids is 1. The van der Waals surface area contributed by atoms with Crippen LogP contribution in [0.4, 0.5) is 5.82 Å². The first kappa shape index (κ1) is 10.3. The molecule has 0 unspecified atom stereocenters. The Labute approximate surface area is 90.9 Å². The van der Waals surface area contributed by atoms with E-state index < -0.39 is 5.97 Å². The van der Waals surface area contributed by atoms with Crippen molar-refractivity contribution in [3.8, 4) is 0 Å². The summed E-state index contributed by atoms with van der Waals surface area (Å²) in [5.41, 5.74) is 6.68. The summed E-state index contributed by atoms with van der Waals surface area (Å²) >= 11 is 0. The second kappa shape index (κ2) is 3.76. The summed E-state index contributed by atoms with van der Waals surface area (Å²) in [6, 6.07) is 0. The fourth-order valence-corrected chi connectivity index (χ4v) is 1.60. The largest absolute Gasteiger partial charge is 0.481 e. The van der Waals surface area contributed by atoms with Crippen LogP contribution < -0.4 is 5.73 Å². The van der Waals surface area contributed by atoms with E-state index >= 15 is 0 Å². The Bertz CT molecular complexity index is 548. The number of nitrogen functional groups attached to an aromatic ring is 1. The number of fused-ring (bicyclic) bond motifs is 1. The predicted octanol–water partition coefficient (Wildman–Crippen LogP) is 0.0555. The third-order valence-corrected chi connectivity index (χ3v) is 2.26. The molecule has 2 heterocycles. The van der Waals surface area contributed by atoms with E-state index in [4.69, 9.17) is 10.8 Å². The summed E-state index contributed by atoms with van der Waals surface area (Å²) in [6.45, 7) is 2.49. The summed E-state index contributed by atoms with van der Waals surface area (Å²) < 4.78 is 1.72. The van der Waals surface area contributed by atoms with Gasteiger partial charge in [-0.25, -0.2) is 15.0 Å². The van der Waals surface area contributed by atoms with Gasteiger partial charge >= 0.3 is 5.97 Å². The van der Waals surface area contributed by atoms with Crippen molar-refractivity contribution in [2.45, 2.75) is 19.9 Å². The van der Waals surface area contributed by atoms with Crippen molar-refractivity contribution >= 4 is 23.0 Å². The van der Waals surface area contributed by atoms with E-state index in [1.165, 1.54) is 6.33 Å². The molecule has 0 amide bonds. The van der Waals surface area contributed by atoms with Gasteiger partial charge in [0.2, 0.25) is 0 Å². The van der Waals surface area contributed by atoms with Gasteiger partial charge in [0.15, 0.2) is 17.0 Å². The molecule has 0 radical (unpaired) electrons. The lowest BCUT2D eigenvalue weighted by molar-refractivity contribution is -0.136. The van der Waals surface area contributed by atoms with Gasteiger partial charge < -0.3 is 15.4 Å². The number of carbonyl (C=O) groups is 1. The Hall–Kier alpha value is -2.18. The number of nitrogens with two attached hydrogens (primary N) is 1. The average Bonchev–Trinajstić information content (AvgIpc) is 2.56. The SMILES string of the molecule is CCn1c(CC(=O)O)nc2c(N)ncnc21. The number of nitrogens with zero attached hydrogens (tertiary/aromatic N) is 4. The minimum Gasteiger partial charge on any atom is -0.481 e. The fraction of sp³-hybridized carbons (Fsp3) is 0.333. The molecule has 3 N–H and O–H groups in total. The summed E-state index contributed by atoms with van der Waals surface area (Å²) in [5, 5.41) is 8.76. The second-order valence-electron chi connectivity index (χ2n) is 3.27. The van der Waals surface area contributed by atoms with Crippen LogP contribution in [0, 0.1) is 0 Å². The molecule has 0 aromatic carbocycles. The van der Waals surface area contributed by atoms with Crippen LogP contribution in [0.5, 0.6) is 0 Å². The van der Waals surface area contributed by atoms with E-state index in [9.17, 15) is 4.79 Å². The summed E-state index contributed by atoms with van der Waals surface area (Å²) in [4.78, 5) is 22.7. The van der Waals surface area contributed by atoms with Crippen molar-refractivity contribution in [2.24, 2.45) is 0 Å². The number of rotatable bonds is 3. The molecule has 0 aliphatic heterocycles. The molecule has 7 heteroatoms. The first-order chi connectivity index (χ1) is 7.63. The van der Waals surface area contributed by atoms with Crippen LogP contribution in [0.2, 0.25) is 0 Å². The van der Waals surface area contributed by atoms with Crippen molar-refractivity contribution in [1.82, 2.24) is 19.5 Å². The zero-order valence-corrected chi connectivity index (χ0v) is 8.71. The molecule has 16 heavy (non-hydrogen) atoms. The number of imidazole rings is 1. The second-order valence-corrected chi connectivity index (χ2v) is 3.27. The fourth-order valence-electron chi connectivity index (χ4n) is 1.60. The van der Waals surface area contributed by atoms with E-state index in [-0.39, 0.29) is 12.2 Å². The van der Waals surface area contributed by atoms with Crippen LogP contribution in [-0.2, 0) is 17.8 Å². The average molecular weight is 221 g/mol. The molecule has 0 atom stereocenters. The number of aliphatic carboxylic acids is 1. The van der Waals surface area contributed by atoms with Crippen LogP contribution in [0.1, 0.15) is 12.7 Å². The van der Waals surface area contributed by atoms with Gasteiger partial charge in [0.1, 0.15) is 18.6 Å². The molecule has 2 aromatic heterocycles. The van der Waals surface area contributed by atoms with Crippen molar-refractivity contribution in [2.75, 3.05) is 5.73 Å². The molecule has 0 aliphatic rings. The monoisotopic (exact) mass is 221 g/mol. The number of hydrogen-bond donors (Lipinski definition) is 2. The van der Waals surface area contributed by atoms with Crippen molar-refractivity contribution in [3.05, 3.63) is 12.2 Å². The lowest BCUT2D eigenvalue weighted by Gasteiger charge is -2.02. The van der Waals surface area contributed by atoms with E-state index in [2.05, 4.69) is 15.0 Å². The van der Waals surface area contributed by atoms with Crippen molar-refractivity contribution in [3.63, 3.8) is 0 Å². The number of carboxylic acid groups (broad SMARTS) is 1. The van der Waals surface area contributed by atoms with Crippen LogP contribution in [0.15, 0.2) is 6.33 Å². The minimum absolute atomic E-state index is 0.149. The summed E-state index contributed by atoms with van der Waals surface area (Å²) in [6.07, 6.45) is 1.19. The molecule has 0 spiro atoms. The van der Waals surface area contributed by atoms with Crippen LogP contribution in [0.3, 0.4) is 0 Å². The lowest BCUT2D eigenvalue weighted by atomic mass is 10.4. The van der Waals surface area contributed by atoms with Gasteiger partial charge in [0, 0.05) is 6.54 Å². The first-order valence-electron chi connectivity index (χ1n) is 4.80. The molecule has 7 nitrogen and oxygen atoms in total. The molecule has 2 aromatic rings. The van der Waals surface area contributed by atoms with Gasteiger partial charge in [-0.1, -0.05) is 0 Å². The normalized spacial score (nSPS) is 10.8. The number of aromatic nitrogens is 4. The van der Waals surface area contributed by atoms with Gasteiger partial charge in [-0.15, -0.1) is 0 Å². The Balaban J connectivity index is 2.66. The minimum atomic E-state index is -0.934. The summed E-state index contributed by atoms with van der Waals surface area (Å²) in [5.74, 6) is -0.224. The van der Waals surface area contributed by atoms with E-state index in [0.717, 1.165) is 0 Å². The van der Waals surface area contributed by atoms with E-state index in [0.29, 0.717) is 23.5 Å². The van der Waals surface area contributed by atoms with Crippen LogP contribution >= 0.6 is 0 Å². The molecule has 0 fully saturated rings. The molecule has 0 aliphatic carbocycles. The Morgan fingerprint density at radius 2 is 2.31 bits per heavy atom. The highest BCUT2D eigenvalue weighted by Gasteiger charge is 2.15. The standard InChI is InChI=1S/C9H11N5O2/c1-2-14-5(3-6(15)16)13-7-8(10)11-4-12-9(7)14/h4H,2-3H2,1H3,(H,15,16)(H2,10,11,12). The van der Waals surface area contributed by atoms with Gasteiger partial charge in [0.25, 0.3) is 0 Å². The van der Waals surface area contributed by atoms with Crippen molar-refractivity contribution < 1.29 is 9.90 Å². The summed E-state index contributed by atoms with van der Waals surface area (Å²) in [7, 11) is 0. The molecule has 0 saturated carbocycles. The molecule has 2 rings (SSSR count). The van der Waals surface area contributed by atoms with E-state index in [1.807, 2.05) is 6.92 Å². The Morgan fingerprint density at radius 3 is 2.94 bits per heavy atom. The van der Waals surface area contributed by atoms with Gasteiger partial charge in [0.05, 0.1) is 0 Å². The van der Waals surface area contributed by atoms with Gasteiger partial charge in [-0.3, -0.25) is 4.79 Å². The molecule has 0 bridgehead atoms. The lowest BCUT2D eigenvalue weighted by Crippen LogP contribution is -2.08. The third kappa shape index (κ3) is 1.56. The number of aryl methyl sites for hydroxylation is 1. The topological polar surface area (TPSA) is 107 Å². The maximum absolute atomic E-state index is 10.7. The molecular weight excluding hydrogens is 210 g/mol. The highest BCUT2D eigenvalue weighted by Crippen LogP contribution is 2.17. The maximum Gasteiger partial charge on any atom is 0.311 e. The third-order valence-electron chi connectivity index (χ3n) is 2.26.